The zero-order valence-electron chi connectivity index (χ0n) is 27.3. The maximum Gasteiger partial charge on any atom is 0.435 e. The number of nitrogens with one attached hydrogen (secondary N) is 2. The molecule has 16 nitrogen and oxygen atoms in total. The number of rotatable bonds is 10. The van der Waals surface area contributed by atoms with Crippen LogP contribution >= 0.6 is 0 Å². The van der Waals surface area contributed by atoms with E-state index in [0.29, 0.717) is 17.2 Å². The Hall–Kier alpha value is -5.60. The second-order valence-corrected chi connectivity index (χ2v) is 11.9. The molecule has 0 fully saturated rings. The molecule has 1 aliphatic heterocycles. The zero-order valence-corrected chi connectivity index (χ0v) is 28.1. The van der Waals surface area contributed by atoms with E-state index in [0.717, 1.165) is 20.5 Å². The van der Waals surface area contributed by atoms with Gasteiger partial charge in [-0.05, 0) is 19.1 Å². The van der Waals surface area contributed by atoms with Crippen molar-refractivity contribution in [3.63, 3.8) is 0 Å². The molecule has 5 rings (SSSR count). The topological polar surface area (TPSA) is 189 Å². The largest absolute Gasteiger partial charge is 0.497 e. The molecule has 0 radical (unpaired) electrons. The Labute approximate surface area is 285 Å². The van der Waals surface area contributed by atoms with Gasteiger partial charge < -0.3 is 24.6 Å². The highest BCUT2D eigenvalue weighted by Gasteiger charge is 2.42. The van der Waals surface area contributed by atoms with Gasteiger partial charge in [0.1, 0.15) is 17.1 Å². The summed E-state index contributed by atoms with van der Waals surface area (Å²) in [6.45, 7) is 1.42. The Bertz CT molecular complexity index is 1950. The summed E-state index contributed by atoms with van der Waals surface area (Å²) < 4.78 is 71.2. The second kappa shape index (κ2) is 14.1. The van der Waals surface area contributed by atoms with Crippen LogP contribution in [0.4, 0.5) is 29.6 Å². The van der Waals surface area contributed by atoms with Crippen LogP contribution in [0.15, 0.2) is 53.8 Å². The average Bonchev–Trinajstić information content (AvgIpc) is 3.50. The number of urea groups is 1. The molecule has 4 aromatic rings. The molecule has 0 aliphatic carbocycles. The minimum absolute atomic E-state index is 0.0287. The number of carbonyl (C=O) groups is 2. The van der Waals surface area contributed by atoms with E-state index in [-0.39, 0.29) is 44.9 Å². The molecule has 4 heterocycles. The third-order valence-corrected chi connectivity index (χ3v) is 8.45. The number of hydrogen-bond acceptors (Lipinski definition) is 12. The van der Waals surface area contributed by atoms with Gasteiger partial charge in [-0.1, -0.05) is 0 Å². The number of carbonyl (C=O) groups excluding carboxylic acids is 2. The Morgan fingerprint density at radius 1 is 1.00 bits per heavy atom. The molecular weight excluding hydrogens is 687 g/mol. The summed E-state index contributed by atoms with van der Waals surface area (Å²) in [6, 6.07) is 6.53. The van der Waals surface area contributed by atoms with Crippen molar-refractivity contribution in [3.05, 3.63) is 70.8 Å². The number of aliphatic hydroxyl groups excluding tert-OH is 1. The highest BCUT2D eigenvalue weighted by Crippen LogP contribution is 2.34. The fourth-order valence-corrected chi connectivity index (χ4v) is 5.79. The van der Waals surface area contributed by atoms with Crippen molar-refractivity contribution in [2.24, 2.45) is 0 Å². The lowest BCUT2D eigenvalue weighted by molar-refractivity contribution is -0.141. The maximum atomic E-state index is 13.7. The summed E-state index contributed by atoms with van der Waals surface area (Å²) in [7, 11) is 6.92. The third-order valence-electron chi connectivity index (χ3n) is 7.31. The van der Waals surface area contributed by atoms with E-state index in [9.17, 15) is 32.4 Å². The van der Waals surface area contributed by atoms with Gasteiger partial charge >= 0.3 is 23.6 Å². The second-order valence-electron chi connectivity index (χ2n) is 10.6. The minimum atomic E-state index is -4.76. The normalized spacial score (nSPS) is 15.4. The van der Waals surface area contributed by atoms with E-state index in [2.05, 4.69) is 30.1 Å². The summed E-state index contributed by atoms with van der Waals surface area (Å²) >= 11 is -2.08. The standard InChI is InChI=1S/C30H30F3N9O7S/c1-15-7-23(30(31,32)33)38-42(15)24-21(13-35-28(37-24)36-17-9-18(47-4)11-19(10-17)48-5)16-8-20(26(49-6)34-12-16)25(43)39-50(46)22-14-40(2)29(45)41(3)27(22)44/h7-14,27,44,46H,1-6H3,(H-,35,36,37,39,43)/p+1. The van der Waals surface area contributed by atoms with E-state index in [1.807, 2.05) is 0 Å². The zero-order chi connectivity index (χ0) is 36.5. The quantitative estimate of drug-likeness (QED) is 0.174. The Balaban J connectivity index is 1.57. The van der Waals surface area contributed by atoms with Gasteiger partial charge in [-0.25, -0.2) is 19.4 Å². The van der Waals surface area contributed by atoms with Crippen LogP contribution in [0.5, 0.6) is 17.4 Å². The predicted molar refractivity (Wildman–Crippen MR) is 174 cm³/mol. The molecule has 2 unspecified atom stereocenters. The molecule has 50 heavy (non-hydrogen) atoms. The molecular formula is C30H31F3N9O7S+. The van der Waals surface area contributed by atoms with E-state index in [4.69, 9.17) is 14.2 Å². The molecule has 2 atom stereocenters. The van der Waals surface area contributed by atoms with E-state index in [1.54, 1.807) is 18.2 Å². The van der Waals surface area contributed by atoms with Crippen LogP contribution in [-0.4, -0.2) is 97.8 Å². The molecule has 0 bridgehead atoms. The number of aryl methyl sites for hydroxylation is 1. The van der Waals surface area contributed by atoms with Crippen LogP contribution in [0.25, 0.3) is 16.9 Å². The summed E-state index contributed by atoms with van der Waals surface area (Å²) in [5.41, 5.74) is -0.529. The Morgan fingerprint density at radius 2 is 1.68 bits per heavy atom. The van der Waals surface area contributed by atoms with Crippen molar-refractivity contribution < 1.29 is 46.6 Å². The predicted octanol–water partition coefficient (Wildman–Crippen LogP) is 3.71. The molecule has 1 aromatic carbocycles. The SMILES string of the molecule is COc1cc(Nc2ncc(-c3cnc(OC)c(C(=O)N[S+](O)C4=CN(C)C(=O)N(C)C4O)c3)c(-n3nc(C(F)(F)F)cc3C)n2)cc(OC)c1. The molecule has 3 aromatic heterocycles. The number of benzene rings is 1. The number of methoxy groups -OCH3 is 3. The minimum Gasteiger partial charge on any atom is -0.497 e. The number of ether oxygens (including phenoxy) is 3. The number of aromatic nitrogens is 5. The van der Waals surface area contributed by atoms with Crippen LogP contribution < -0.4 is 24.2 Å². The fourth-order valence-electron chi connectivity index (χ4n) is 4.77. The van der Waals surface area contributed by atoms with Crippen molar-refractivity contribution in [2.45, 2.75) is 19.3 Å². The van der Waals surface area contributed by atoms with Crippen LogP contribution in [-0.2, 0) is 17.5 Å². The van der Waals surface area contributed by atoms with Gasteiger partial charge in [0, 0.05) is 67.2 Å². The van der Waals surface area contributed by atoms with Crippen molar-refractivity contribution in [3.8, 4) is 34.3 Å². The number of likely N-dealkylation sites (N-methyl/N-ethyl adjacent to an activating group) is 1. The van der Waals surface area contributed by atoms with Gasteiger partial charge in [-0.3, -0.25) is 14.6 Å². The van der Waals surface area contributed by atoms with Gasteiger partial charge in [0.2, 0.25) is 18.1 Å². The van der Waals surface area contributed by atoms with Crippen molar-refractivity contribution >= 4 is 34.9 Å². The number of pyridine rings is 1. The van der Waals surface area contributed by atoms with Gasteiger partial charge in [0.15, 0.2) is 11.5 Å². The lowest BCUT2D eigenvalue weighted by atomic mass is 10.1. The third kappa shape index (κ3) is 7.21. The van der Waals surface area contributed by atoms with E-state index < -0.39 is 41.4 Å². The Kier molecular flexibility index (Phi) is 10.1. The van der Waals surface area contributed by atoms with Crippen molar-refractivity contribution in [1.29, 1.82) is 0 Å². The molecule has 0 saturated carbocycles. The number of halogens is 3. The summed E-state index contributed by atoms with van der Waals surface area (Å²) in [5, 5.41) is 17.3. The highest BCUT2D eigenvalue weighted by atomic mass is 32.2. The summed E-state index contributed by atoms with van der Waals surface area (Å²) in [6.07, 6.45) is -2.48. The molecule has 0 saturated heterocycles. The molecule has 3 amide bonds. The average molecular weight is 719 g/mol. The first kappa shape index (κ1) is 35.7. The smallest absolute Gasteiger partial charge is 0.435 e. The maximum absolute atomic E-state index is 13.7. The van der Waals surface area contributed by atoms with Gasteiger partial charge in [0.05, 0.1) is 27.5 Å². The molecule has 1 aliphatic rings. The number of aliphatic hydroxyl groups is 1. The number of alkyl halides is 3. The first-order valence-corrected chi connectivity index (χ1v) is 15.5. The number of nitrogens with zero attached hydrogens (tertiary/aromatic N) is 7. The monoisotopic (exact) mass is 718 g/mol. The lowest BCUT2D eigenvalue weighted by Gasteiger charge is -2.30. The summed E-state index contributed by atoms with van der Waals surface area (Å²) in [4.78, 5) is 40.7. The van der Waals surface area contributed by atoms with Crippen LogP contribution in [0.2, 0.25) is 0 Å². The van der Waals surface area contributed by atoms with Gasteiger partial charge in [-0.15, -0.1) is 4.72 Å². The molecule has 4 N–H and O–H groups in total. The van der Waals surface area contributed by atoms with Crippen LogP contribution in [0.1, 0.15) is 21.7 Å². The van der Waals surface area contributed by atoms with Crippen LogP contribution in [0, 0.1) is 6.92 Å². The highest BCUT2D eigenvalue weighted by molar-refractivity contribution is 7.94. The summed E-state index contributed by atoms with van der Waals surface area (Å²) in [5.74, 6) is -0.281. The first-order chi connectivity index (χ1) is 23.6. The Morgan fingerprint density at radius 3 is 2.28 bits per heavy atom. The molecule has 20 heteroatoms. The van der Waals surface area contributed by atoms with Crippen LogP contribution in [0.3, 0.4) is 0 Å². The van der Waals surface area contributed by atoms with E-state index in [1.165, 1.54) is 67.0 Å². The molecule has 264 valence electrons. The fraction of sp³-hybridized carbons (Fsp3) is 0.267. The van der Waals surface area contributed by atoms with Crippen molar-refractivity contribution in [1.82, 2.24) is 39.3 Å². The van der Waals surface area contributed by atoms with E-state index >= 15 is 0 Å². The van der Waals surface area contributed by atoms with Gasteiger partial charge in [-0.2, -0.15) is 27.8 Å². The van der Waals surface area contributed by atoms with Crippen molar-refractivity contribution in [2.75, 3.05) is 40.7 Å². The first-order valence-electron chi connectivity index (χ1n) is 14.3. The number of anilines is 2. The molecule has 0 spiro atoms. The van der Waals surface area contributed by atoms with Gasteiger partial charge in [0.25, 0.3) is 10.8 Å². The number of amides is 3. The number of hydrogen-bond donors (Lipinski definition) is 4. The lowest BCUT2D eigenvalue weighted by Crippen LogP contribution is -2.51.